The smallest absolute Gasteiger partial charge is 0.347 e. The van der Waals surface area contributed by atoms with E-state index in [1.165, 1.54) is 30.4 Å². The van der Waals surface area contributed by atoms with E-state index in [4.69, 9.17) is 4.74 Å². The summed E-state index contributed by atoms with van der Waals surface area (Å²) in [4.78, 5) is 11.3. The van der Waals surface area contributed by atoms with E-state index in [2.05, 4.69) is 42.5 Å². The molecule has 0 atom stereocenters. The molecule has 0 radical (unpaired) electrons. The number of carbonyl (C=O) groups is 1. The average Bonchev–Trinajstić information content (AvgIpc) is 2.63. The Kier molecular flexibility index (Phi) is 4.85. The van der Waals surface area contributed by atoms with Crippen molar-refractivity contribution >= 4 is 5.97 Å². The summed E-state index contributed by atoms with van der Waals surface area (Å²) in [5.74, 6) is -0.375. The maximum Gasteiger partial charge on any atom is 0.347 e. The summed E-state index contributed by atoms with van der Waals surface area (Å²) < 4.78 is 5.64. The number of aliphatic carboxylic acids is 1. The van der Waals surface area contributed by atoms with Crippen LogP contribution in [-0.2, 0) is 10.2 Å². The molecule has 1 N–H and O–H groups in total. The van der Waals surface area contributed by atoms with E-state index in [-0.39, 0.29) is 5.41 Å². The first-order valence-corrected chi connectivity index (χ1v) is 9.03. The van der Waals surface area contributed by atoms with Crippen LogP contribution in [0.5, 0.6) is 5.75 Å². The van der Waals surface area contributed by atoms with Gasteiger partial charge in [0.25, 0.3) is 0 Å². The first-order chi connectivity index (χ1) is 11.9. The molecule has 25 heavy (non-hydrogen) atoms. The Labute approximate surface area is 149 Å². The SMILES string of the molecule is CC(C)(Oc1ccc(C2(c3ccccc3)CCCCC2)cc1)C(=O)O. The van der Waals surface area contributed by atoms with Crippen LogP contribution in [0.1, 0.15) is 57.1 Å². The molecule has 2 aromatic rings. The van der Waals surface area contributed by atoms with E-state index < -0.39 is 11.6 Å². The first-order valence-electron chi connectivity index (χ1n) is 9.03. The third-order valence-corrected chi connectivity index (χ3v) is 5.33. The highest BCUT2D eigenvalue weighted by Gasteiger charge is 2.36. The predicted octanol–water partition coefficient (Wildman–Crippen LogP) is 5.18. The zero-order chi connectivity index (χ0) is 17.9. The Morgan fingerprint density at radius 1 is 0.920 bits per heavy atom. The van der Waals surface area contributed by atoms with Crippen LogP contribution in [0.4, 0.5) is 0 Å². The topological polar surface area (TPSA) is 46.5 Å². The van der Waals surface area contributed by atoms with Gasteiger partial charge in [-0.25, -0.2) is 4.79 Å². The van der Waals surface area contributed by atoms with Gasteiger partial charge in [0.15, 0.2) is 5.60 Å². The van der Waals surface area contributed by atoms with Gasteiger partial charge in [0.2, 0.25) is 0 Å². The number of rotatable bonds is 5. The van der Waals surface area contributed by atoms with E-state index in [1.807, 2.05) is 12.1 Å². The lowest BCUT2D eigenvalue weighted by atomic mass is 9.65. The van der Waals surface area contributed by atoms with Crippen LogP contribution in [0, 0.1) is 0 Å². The molecule has 1 saturated carbocycles. The number of hydrogen-bond acceptors (Lipinski definition) is 2. The highest BCUT2D eigenvalue weighted by Crippen LogP contribution is 2.45. The van der Waals surface area contributed by atoms with Crippen LogP contribution in [0.15, 0.2) is 54.6 Å². The van der Waals surface area contributed by atoms with Crippen LogP contribution < -0.4 is 4.74 Å². The first kappa shape index (κ1) is 17.5. The maximum absolute atomic E-state index is 11.3. The lowest BCUT2D eigenvalue weighted by Gasteiger charge is -2.38. The molecule has 132 valence electrons. The number of hydrogen-bond donors (Lipinski definition) is 1. The minimum absolute atomic E-state index is 0.0559. The standard InChI is InChI=1S/C22H26O3/c1-21(2,20(23)24)25-19-13-11-18(12-14-19)22(15-7-4-8-16-22)17-9-5-3-6-10-17/h3,5-6,9-14H,4,7-8,15-16H2,1-2H3,(H,23,24). The zero-order valence-electron chi connectivity index (χ0n) is 15.0. The summed E-state index contributed by atoms with van der Waals surface area (Å²) in [5, 5.41) is 9.23. The van der Waals surface area contributed by atoms with Crippen LogP contribution >= 0.6 is 0 Å². The molecule has 1 aliphatic carbocycles. The average molecular weight is 338 g/mol. The van der Waals surface area contributed by atoms with E-state index in [9.17, 15) is 9.90 Å². The summed E-state index contributed by atoms with van der Waals surface area (Å²) in [6.07, 6.45) is 6.07. The molecule has 0 saturated heterocycles. The lowest BCUT2D eigenvalue weighted by Crippen LogP contribution is -2.37. The molecule has 1 fully saturated rings. The van der Waals surface area contributed by atoms with Gasteiger partial charge in [-0.05, 0) is 49.9 Å². The van der Waals surface area contributed by atoms with E-state index >= 15 is 0 Å². The van der Waals surface area contributed by atoms with Crippen molar-refractivity contribution in [2.24, 2.45) is 0 Å². The Bertz CT molecular complexity index is 711. The second kappa shape index (κ2) is 6.91. The summed E-state index contributed by atoms with van der Waals surface area (Å²) in [6, 6.07) is 18.7. The summed E-state index contributed by atoms with van der Waals surface area (Å²) in [5.41, 5.74) is 1.48. The van der Waals surface area contributed by atoms with Crippen molar-refractivity contribution in [3.8, 4) is 5.75 Å². The molecule has 0 bridgehead atoms. The molecule has 0 amide bonds. The summed E-state index contributed by atoms with van der Waals surface area (Å²) >= 11 is 0. The predicted molar refractivity (Wildman–Crippen MR) is 99.1 cm³/mol. The fourth-order valence-corrected chi connectivity index (χ4v) is 3.84. The minimum atomic E-state index is -1.23. The van der Waals surface area contributed by atoms with Crippen LogP contribution in [0.2, 0.25) is 0 Å². The van der Waals surface area contributed by atoms with Gasteiger partial charge in [-0.1, -0.05) is 61.7 Å². The van der Waals surface area contributed by atoms with Crippen molar-refractivity contribution in [1.29, 1.82) is 0 Å². The largest absolute Gasteiger partial charge is 0.478 e. The highest BCUT2D eigenvalue weighted by atomic mass is 16.5. The third kappa shape index (κ3) is 3.55. The lowest BCUT2D eigenvalue weighted by molar-refractivity contribution is -0.152. The van der Waals surface area contributed by atoms with E-state index in [0.29, 0.717) is 5.75 Å². The molecule has 2 aromatic carbocycles. The summed E-state index contributed by atoms with van der Waals surface area (Å²) in [7, 11) is 0. The van der Waals surface area contributed by atoms with Gasteiger partial charge < -0.3 is 9.84 Å². The molecular formula is C22H26O3. The number of ether oxygens (including phenoxy) is 1. The van der Waals surface area contributed by atoms with Crippen molar-refractivity contribution in [2.45, 2.75) is 57.0 Å². The van der Waals surface area contributed by atoms with Gasteiger partial charge in [-0.2, -0.15) is 0 Å². The fraction of sp³-hybridized carbons (Fsp3) is 0.409. The van der Waals surface area contributed by atoms with Crippen LogP contribution in [-0.4, -0.2) is 16.7 Å². The molecule has 3 nitrogen and oxygen atoms in total. The summed E-state index contributed by atoms with van der Waals surface area (Å²) in [6.45, 7) is 3.13. The maximum atomic E-state index is 11.3. The van der Waals surface area contributed by atoms with Crippen LogP contribution in [0.25, 0.3) is 0 Å². The molecule has 3 rings (SSSR count). The van der Waals surface area contributed by atoms with E-state index in [0.717, 1.165) is 12.8 Å². The second-order valence-corrected chi connectivity index (χ2v) is 7.45. The van der Waals surface area contributed by atoms with Crippen molar-refractivity contribution < 1.29 is 14.6 Å². The van der Waals surface area contributed by atoms with Gasteiger partial charge in [0.1, 0.15) is 5.75 Å². The highest BCUT2D eigenvalue weighted by molar-refractivity contribution is 5.76. The van der Waals surface area contributed by atoms with Crippen molar-refractivity contribution in [2.75, 3.05) is 0 Å². The Hall–Kier alpha value is -2.29. The fourth-order valence-electron chi connectivity index (χ4n) is 3.84. The molecule has 0 aromatic heterocycles. The molecule has 0 spiro atoms. The monoisotopic (exact) mass is 338 g/mol. The molecule has 3 heteroatoms. The number of benzene rings is 2. The Balaban J connectivity index is 1.92. The molecule has 0 heterocycles. The molecule has 0 aliphatic heterocycles. The van der Waals surface area contributed by atoms with Crippen molar-refractivity contribution in [3.05, 3.63) is 65.7 Å². The second-order valence-electron chi connectivity index (χ2n) is 7.45. The molecule has 0 unspecified atom stereocenters. The quantitative estimate of drug-likeness (QED) is 0.817. The number of carboxylic acids is 1. The zero-order valence-corrected chi connectivity index (χ0v) is 15.0. The molecule has 1 aliphatic rings. The van der Waals surface area contributed by atoms with Gasteiger partial charge in [-0.15, -0.1) is 0 Å². The molecular weight excluding hydrogens is 312 g/mol. The van der Waals surface area contributed by atoms with Gasteiger partial charge in [0, 0.05) is 5.41 Å². The van der Waals surface area contributed by atoms with Crippen LogP contribution in [0.3, 0.4) is 0 Å². The number of carboxylic acid groups (broad SMARTS) is 1. The Morgan fingerprint density at radius 3 is 2.04 bits per heavy atom. The van der Waals surface area contributed by atoms with Crippen molar-refractivity contribution in [1.82, 2.24) is 0 Å². The van der Waals surface area contributed by atoms with Crippen molar-refractivity contribution in [3.63, 3.8) is 0 Å². The van der Waals surface area contributed by atoms with Gasteiger partial charge in [0.05, 0.1) is 0 Å². The van der Waals surface area contributed by atoms with Gasteiger partial charge in [-0.3, -0.25) is 0 Å². The van der Waals surface area contributed by atoms with Gasteiger partial charge >= 0.3 is 5.97 Å². The minimum Gasteiger partial charge on any atom is -0.478 e. The Morgan fingerprint density at radius 2 is 1.48 bits per heavy atom. The normalized spacial score (nSPS) is 17.0. The third-order valence-electron chi connectivity index (χ3n) is 5.33. The van der Waals surface area contributed by atoms with E-state index in [1.54, 1.807) is 13.8 Å².